The number of fused-ring (bicyclic) bond motifs is 2. The Hall–Kier alpha value is -1.13. The van der Waals surface area contributed by atoms with Crippen LogP contribution in [0.3, 0.4) is 0 Å². The van der Waals surface area contributed by atoms with E-state index in [2.05, 4.69) is 59.5 Å². The van der Waals surface area contributed by atoms with E-state index in [0.717, 1.165) is 43.0 Å². The van der Waals surface area contributed by atoms with Gasteiger partial charge in [0.25, 0.3) is 0 Å². The van der Waals surface area contributed by atoms with Crippen LogP contribution in [-0.4, -0.2) is 48.1 Å². The Morgan fingerprint density at radius 1 is 1.12 bits per heavy atom. The van der Waals surface area contributed by atoms with E-state index >= 15 is 0 Å². The SMILES string of the molecule is CN(C)CCCN(Cc1ccccc1)C(=S)N[C@@H]1C[C@H]2CC[C@@H]1C2. The zero-order valence-corrected chi connectivity index (χ0v) is 15.9. The van der Waals surface area contributed by atoms with Gasteiger partial charge in [0.05, 0.1) is 0 Å². The van der Waals surface area contributed by atoms with Crippen LogP contribution < -0.4 is 5.32 Å². The first kappa shape index (κ1) is 17.7. The van der Waals surface area contributed by atoms with E-state index in [0.29, 0.717) is 6.04 Å². The molecule has 3 rings (SSSR count). The lowest BCUT2D eigenvalue weighted by molar-refractivity contribution is 0.327. The molecule has 1 aromatic rings. The second kappa shape index (κ2) is 8.30. The molecule has 2 aliphatic rings. The average Bonchev–Trinajstić information content (AvgIpc) is 3.17. The molecule has 3 nitrogen and oxygen atoms in total. The molecular formula is C20H31N3S. The Labute approximate surface area is 152 Å². The molecule has 0 spiro atoms. The van der Waals surface area contributed by atoms with Crippen molar-refractivity contribution in [2.24, 2.45) is 11.8 Å². The quantitative estimate of drug-likeness (QED) is 0.762. The van der Waals surface area contributed by atoms with E-state index in [9.17, 15) is 0 Å². The van der Waals surface area contributed by atoms with Crippen LogP contribution in [0.4, 0.5) is 0 Å². The van der Waals surface area contributed by atoms with Gasteiger partial charge in [-0.2, -0.15) is 0 Å². The highest BCUT2D eigenvalue weighted by atomic mass is 32.1. The minimum Gasteiger partial charge on any atom is -0.360 e. The van der Waals surface area contributed by atoms with Gasteiger partial charge >= 0.3 is 0 Å². The molecular weight excluding hydrogens is 314 g/mol. The summed E-state index contributed by atoms with van der Waals surface area (Å²) in [5.41, 5.74) is 1.33. The van der Waals surface area contributed by atoms with Crippen molar-refractivity contribution in [3.63, 3.8) is 0 Å². The van der Waals surface area contributed by atoms with E-state index in [1.807, 2.05) is 0 Å². The maximum Gasteiger partial charge on any atom is 0.169 e. The lowest BCUT2D eigenvalue weighted by Crippen LogP contribution is -2.46. The molecule has 132 valence electrons. The van der Waals surface area contributed by atoms with E-state index in [-0.39, 0.29) is 0 Å². The van der Waals surface area contributed by atoms with Crippen LogP contribution in [0.5, 0.6) is 0 Å². The molecule has 1 N–H and O–H groups in total. The van der Waals surface area contributed by atoms with Crippen LogP contribution in [-0.2, 0) is 6.54 Å². The predicted octanol–water partition coefficient (Wildman–Crippen LogP) is 3.50. The molecule has 0 unspecified atom stereocenters. The first-order valence-corrected chi connectivity index (χ1v) is 9.76. The monoisotopic (exact) mass is 345 g/mol. The summed E-state index contributed by atoms with van der Waals surface area (Å²) >= 11 is 5.81. The zero-order chi connectivity index (χ0) is 16.9. The Kier molecular flexibility index (Phi) is 6.12. The lowest BCUT2D eigenvalue weighted by Gasteiger charge is -2.31. The third-order valence-electron chi connectivity index (χ3n) is 5.58. The maximum atomic E-state index is 5.81. The predicted molar refractivity (Wildman–Crippen MR) is 105 cm³/mol. The summed E-state index contributed by atoms with van der Waals surface area (Å²) in [7, 11) is 4.26. The van der Waals surface area contributed by atoms with E-state index in [1.54, 1.807) is 0 Å². The molecule has 0 aliphatic heterocycles. The fourth-order valence-corrected chi connectivity index (χ4v) is 4.61. The molecule has 0 aromatic heterocycles. The molecule has 24 heavy (non-hydrogen) atoms. The maximum absolute atomic E-state index is 5.81. The molecule has 3 atom stereocenters. The van der Waals surface area contributed by atoms with Crippen LogP contribution in [0.1, 0.15) is 37.7 Å². The Balaban J connectivity index is 1.58. The average molecular weight is 346 g/mol. The third-order valence-corrected chi connectivity index (χ3v) is 5.96. The van der Waals surface area contributed by atoms with Crippen molar-refractivity contribution >= 4 is 17.3 Å². The van der Waals surface area contributed by atoms with Crippen molar-refractivity contribution < 1.29 is 0 Å². The summed E-state index contributed by atoms with van der Waals surface area (Å²) < 4.78 is 0. The number of nitrogens with zero attached hydrogens (tertiary/aromatic N) is 2. The van der Waals surface area contributed by atoms with Crippen LogP contribution >= 0.6 is 12.2 Å². The van der Waals surface area contributed by atoms with Gasteiger partial charge in [0.15, 0.2) is 5.11 Å². The molecule has 2 bridgehead atoms. The second-order valence-corrected chi connectivity index (χ2v) is 8.18. The van der Waals surface area contributed by atoms with Crippen LogP contribution in [0.15, 0.2) is 30.3 Å². The van der Waals surface area contributed by atoms with Crippen molar-refractivity contribution in [3.8, 4) is 0 Å². The van der Waals surface area contributed by atoms with Gasteiger partial charge in [-0.1, -0.05) is 36.8 Å². The van der Waals surface area contributed by atoms with Crippen LogP contribution in [0.2, 0.25) is 0 Å². The van der Waals surface area contributed by atoms with Gasteiger partial charge in [-0.15, -0.1) is 0 Å². The number of benzene rings is 1. The van der Waals surface area contributed by atoms with Gasteiger partial charge < -0.3 is 15.1 Å². The normalized spacial score (nSPS) is 25.2. The molecule has 2 saturated carbocycles. The molecule has 0 amide bonds. The minimum atomic E-state index is 0.614. The summed E-state index contributed by atoms with van der Waals surface area (Å²) in [6.45, 7) is 3.02. The summed E-state index contributed by atoms with van der Waals surface area (Å²) in [6, 6.07) is 11.3. The van der Waals surface area contributed by atoms with Crippen molar-refractivity contribution in [2.75, 3.05) is 27.2 Å². The van der Waals surface area contributed by atoms with E-state index in [1.165, 1.54) is 31.2 Å². The molecule has 4 heteroatoms. The van der Waals surface area contributed by atoms with Gasteiger partial charge in [-0.05, 0) is 75.9 Å². The fourth-order valence-electron chi connectivity index (χ4n) is 4.31. The van der Waals surface area contributed by atoms with Crippen molar-refractivity contribution in [3.05, 3.63) is 35.9 Å². The van der Waals surface area contributed by atoms with Gasteiger partial charge in [0.1, 0.15) is 0 Å². The number of rotatable bonds is 7. The first-order chi connectivity index (χ1) is 11.6. The van der Waals surface area contributed by atoms with Crippen LogP contribution in [0, 0.1) is 11.8 Å². The Morgan fingerprint density at radius 3 is 2.54 bits per heavy atom. The van der Waals surface area contributed by atoms with Crippen molar-refractivity contribution in [2.45, 2.75) is 44.7 Å². The molecule has 2 fully saturated rings. The van der Waals surface area contributed by atoms with E-state index in [4.69, 9.17) is 12.2 Å². The van der Waals surface area contributed by atoms with Gasteiger partial charge in [0, 0.05) is 19.1 Å². The highest BCUT2D eigenvalue weighted by Crippen LogP contribution is 2.44. The van der Waals surface area contributed by atoms with E-state index < -0.39 is 0 Å². The molecule has 0 saturated heterocycles. The summed E-state index contributed by atoms with van der Waals surface area (Å²) in [5.74, 6) is 1.81. The first-order valence-electron chi connectivity index (χ1n) is 9.36. The number of hydrogen-bond acceptors (Lipinski definition) is 2. The fraction of sp³-hybridized carbons (Fsp3) is 0.650. The molecule has 0 radical (unpaired) electrons. The van der Waals surface area contributed by atoms with Gasteiger partial charge in [0.2, 0.25) is 0 Å². The minimum absolute atomic E-state index is 0.614. The van der Waals surface area contributed by atoms with Gasteiger partial charge in [-0.25, -0.2) is 0 Å². The van der Waals surface area contributed by atoms with Crippen molar-refractivity contribution in [1.82, 2.24) is 15.1 Å². The molecule has 1 aromatic carbocycles. The summed E-state index contributed by atoms with van der Waals surface area (Å²) in [6.07, 6.45) is 6.70. The van der Waals surface area contributed by atoms with Gasteiger partial charge in [-0.3, -0.25) is 0 Å². The lowest BCUT2D eigenvalue weighted by atomic mass is 9.95. The topological polar surface area (TPSA) is 18.5 Å². The van der Waals surface area contributed by atoms with Crippen molar-refractivity contribution in [1.29, 1.82) is 0 Å². The second-order valence-electron chi connectivity index (χ2n) is 7.79. The Bertz CT molecular complexity index is 531. The highest BCUT2D eigenvalue weighted by Gasteiger charge is 2.39. The smallest absolute Gasteiger partial charge is 0.169 e. The molecule has 2 aliphatic carbocycles. The number of hydrogen-bond donors (Lipinski definition) is 1. The summed E-state index contributed by atoms with van der Waals surface area (Å²) in [4.78, 5) is 4.60. The standard InChI is InChI=1S/C20H31N3S/c1-22(2)11-6-12-23(15-16-7-4-3-5-8-16)20(24)21-19-14-17-9-10-18(19)13-17/h3-5,7-8,17-19H,6,9-15H2,1-2H3,(H,21,24)/t17-,18+,19+/m0/s1. The highest BCUT2D eigenvalue weighted by molar-refractivity contribution is 7.80. The zero-order valence-electron chi connectivity index (χ0n) is 15.1. The number of nitrogens with one attached hydrogen (secondary N) is 1. The number of thiocarbonyl (C=S) groups is 1. The largest absolute Gasteiger partial charge is 0.360 e. The summed E-state index contributed by atoms with van der Waals surface area (Å²) in [5, 5.41) is 4.67. The van der Waals surface area contributed by atoms with Crippen LogP contribution in [0.25, 0.3) is 0 Å². The Morgan fingerprint density at radius 2 is 1.92 bits per heavy atom. The third kappa shape index (κ3) is 4.70. The molecule has 0 heterocycles.